The van der Waals surface area contributed by atoms with Gasteiger partial charge < -0.3 is 15.0 Å². The Bertz CT molecular complexity index is 1260. The molecule has 1 amide bonds. The van der Waals surface area contributed by atoms with E-state index in [1.807, 2.05) is 4.90 Å². The first kappa shape index (κ1) is 27.4. The molecule has 3 aromatic rings. The van der Waals surface area contributed by atoms with Gasteiger partial charge in [0.2, 0.25) is 0 Å². The Morgan fingerprint density at radius 2 is 1.78 bits per heavy atom. The first-order valence-corrected chi connectivity index (χ1v) is 12.3. The average molecular weight is 572 g/mol. The van der Waals surface area contributed by atoms with Gasteiger partial charge in [0.1, 0.15) is 17.4 Å². The number of hydrogen-bond donors (Lipinski definition) is 2. The molecule has 2 heterocycles. The van der Waals surface area contributed by atoms with E-state index in [9.17, 15) is 9.59 Å². The fraction of sp³-hybridized carbons (Fsp3) is 0.259. The minimum absolute atomic E-state index is 0. The Kier molecular flexibility index (Phi) is 9.23. The van der Waals surface area contributed by atoms with Crippen LogP contribution < -0.4 is 10.1 Å². The van der Waals surface area contributed by atoms with Gasteiger partial charge in [0, 0.05) is 57.5 Å². The van der Waals surface area contributed by atoms with Crippen LogP contribution in [-0.2, 0) is 6.42 Å². The van der Waals surface area contributed by atoms with Gasteiger partial charge in [-0.05, 0) is 53.0 Å². The number of ketones is 1. The topological polar surface area (TPSA) is 95.4 Å². The third-order valence-electron chi connectivity index (χ3n) is 5.85. The second-order valence-electron chi connectivity index (χ2n) is 8.17. The summed E-state index contributed by atoms with van der Waals surface area (Å²) >= 11 is 9.55. The number of amides is 1. The predicted molar refractivity (Wildman–Crippen MR) is 147 cm³/mol. The number of benzene rings is 2. The van der Waals surface area contributed by atoms with Crippen molar-refractivity contribution in [1.29, 1.82) is 5.41 Å². The number of Topliss-reactive ketones (excluding diaryl/α,β-unsaturated/α-hetero) is 1. The highest BCUT2D eigenvalue weighted by Crippen LogP contribution is 2.30. The molecular weight excluding hydrogens is 544 g/mol. The molecule has 0 spiro atoms. The van der Waals surface area contributed by atoms with E-state index < -0.39 is 5.91 Å². The van der Waals surface area contributed by atoms with Crippen molar-refractivity contribution in [2.45, 2.75) is 26.7 Å². The lowest BCUT2D eigenvalue weighted by atomic mass is 9.96. The van der Waals surface area contributed by atoms with Gasteiger partial charge in [-0.25, -0.2) is 4.98 Å². The highest BCUT2D eigenvalue weighted by atomic mass is 79.9. The Hall–Kier alpha value is -3.23. The van der Waals surface area contributed by atoms with E-state index in [1.54, 1.807) is 48.7 Å². The molecule has 1 saturated heterocycles. The largest absolute Gasteiger partial charge is 0.496 e. The molecule has 0 unspecified atom stereocenters. The molecule has 0 radical (unpaired) electrons. The maximum absolute atomic E-state index is 13.2. The van der Waals surface area contributed by atoms with Gasteiger partial charge >= 0.3 is 0 Å². The third-order valence-corrected chi connectivity index (χ3v) is 6.53. The van der Waals surface area contributed by atoms with Crippen molar-refractivity contribution < 1.29 is 14.3 Å². The molecule has 1 aliphatic rings. The molecule has 1 fully saturated rings. The molecule has 188 valence electrons. The zero-order valence-corrected chi connectivity index (χ0v) is 21.4. The van der Waals surface area contributed by atoms with E-state index in [1.165, 1.54) is 13.2 Å². The molecule has 0 aliphatic carbocycles. The first-order chi connectivity index (χ1) is 16.9. The van der Waals surface area contributed by atoms with Crippen LogP contribution in [0.1, 0.15) is 52.1 Å². The Labute approximate surface area is 224 Å². The highest BCUT2D eigenvalue weighted by Gasteiger charge is 2.22. The number of amidine groups is 1. The fourth-order valence-electron chi connectivity index (χ4n) is 4.01. The van der Waals surface area contributed by atoms with E-state index in [4.69, 9.17) is 21.7 Å². The van der Waals surface area contributed by atoms with Crippen molar-refractivity contribution in [1.82, 2.24) is 9.88 Å². The van der Waals surface area contributed by atoms with Crippen molar-refractivity contribution in [3.05, 3.63) is 86.5 Å². The van der Waals surface area contributed by atoms with Gasteiger partial charge in [-0.3, -0.25) is 15.0 Å². The summed E-state index contributed by atoms with van der Waals surface area (Å²) in [6.07, 6.45) is 3.71. The first-order valence-electron chi connectivity index (χ1n) is 11.1. The van der Waals surface area contributed by atoms with Crippen LogP contribution in [0.15, 0.2) is 59.2 Å². The van der Waals surface area contributed by atoms with Crippen molar-refractivity contribution in [3.8, 4) is 5.75 Å². The van der Waals surface area contributed by atoms with Gasteiger partial charge in [0.25, 0.3) is 5.91 Å². The summed E-state index contributed by atoms with van der Waals surface area (Å²) in [6, 6.07) is 13.5. The summed E-state index contributed by atoms with van der Waals surface area (Å²) in [5.74, 6) is 0.567. The molecule has 36 heavy (non-hydrogen) atoms. The molecule has 4 rings (SSSR count). The number of halogens is 2. The van der Waals surface area contributed by atoms with Crippen molar-refractivity contribution >= 4 is 50.9 Å². The monoisotopic (exact) mass is 570 g/mol. The number of nitrogens with one attached hydrogen (secondary N) is 2. The van der Waals surface area contributed by atoms with Gasteiger partial charge in [-0.2, -0.15) is 0 Å². The van der Waals surface area contributed by atoms with Crippen LogP contribution in [0.2, 0.25) is 5.02 Å². The van der Waals surface area contributed by atoms with Crippen molar-refractivity contribution in [2.24, 2.45) is 0 Å². The predicted octanol–water partition coefficient (Wildman–Crippen LogP) is 6.24. The average Bonchev–Trinajstić information content (AvgIpc) is 3.41. The molecule has 7 nitrogen and oxygen atoms in total. The van der Waals surface area contributed by atoms with E-state index in [-0.39, 0.29) is 25.2 Å². The molecule has 0 saturated carbocycles. The number of anilines is 1. The van der Waals surface area contributed by atoms with Crippen LogP contribution in [0, 0.1) is 5.41 Å². The van der Waals surface area contributed by atoms with Gasteiger partial charge in [-0.15, -0.1) is 0 Å². The Morgan fingerprint density at radius 1 is 1.11 bits per heavy atom. The molecular formula is C27H28BrClN4O3. The molecule has 9 heteroatoms. The van der Waals surface area contributed by atoms with Crippen LogP contribution in [0.3, 0.4) is 0 Å². The molecule has 0 atom stereocenters. The number of ether oxygens (including phenoxy) is 1. The minimum Gasteiger partial charge on any atom is -0.496 e. The van der Waals surface area contributed by atoms with Gasteiger partial charge in [0.15, 0.2) is 5.78 Å². The number of aromatic nitrogens is 1. The fourth-order valence-corrected chi connectivity index (χ4v) is 4.45. The molecule has 1 aliphatic heterocycles. The summed E-state index contributed by atoms with van der Waals surface area (Å²) in [6.45, 7) is 1.77. The molecule has 0 bridgehead atoms. The number of likely N-dealkylation sites (tertiary alicyclic amines) is 1. The van der Waals surface area contributed by atoms with Crippen LogP contribution in [0.25, 0.3) is 0 Å². The number of nitrogens with zero attached hydrogens (tertiary/aromatic N) is 2. The SMILES string of the molecule is C.COc1cc(Cl)cc(C(=O)Nc2ccc(Br)cn2)c1CC(=O)c1ccc(C(=N)N2CCCC2)cc1. The summed E-state index contributed by atoms with van der Waals surface area (Å²) in [7, 11) is 1.47. The second kappa shape index (κ2) is 12.1. The number of pyridine rings is 1. The third kappa shape index (κ3) is 6.30. The van der Waals surface area contributed by atoms with E-state index in [2.05, 4.69) is 26.2 Å². The normalized spacial score (nSPS) is 12.6. The smallest absolute Gasteiger partial charge is 0.257 e. The lowest BCUT2D eigenvalue weighted by molar-refractivity contribution is 0.0991. The number of methoxy groups -OCH3 is 1. The summed E-state index contributed by atoms with van der Waals surface area (Å²) < 4.78 is 6.24. The van der Waals surface area contributed by atoms with Crippen molar-refractivity contribution in [3.63, 3.8) is 0 Å². The number of carbonyl (C=O) groups excluding carboxylic acids is 2. The zero-order valence-electron chi connectivity index (χ0n) is 19.1. The molecule has 2 aromatic carbocycles. The van der Waals surface area contributed by atoms with Gasteiger partial charge in [-0.1, -0.05) is 43.3 Å². The van der Waals surface area contributed by atoms with Crippen LogP contribution >= 0.6 is 27.5 Å². The number of hydrogen-bond acceptors (Lipinski definition) is 5. The summed E-state index contributed by atoms with van der Waals surface area (Å²) in [4.78, 5) is 32.5. The Balaban J connectivity index is 0.00000361. The van der Waals surface area contributed by atoms with Crippen LogP contribution in [0.5, 0.6) is 5.75 Å². The Morgan fingerprint density at radius 3 is 2.39 bits per heavy atom. The standard InChI is InChI=1S/C26H24BrClN4O3.CH4/c1-35-23-13-19(28)12-21(26(34)31-24-9-8-18(27)15-30-24)20(23)14-22(33)16-4-6-17(7-5-16)25(29)32-10-2-3-11-32;/h4-9,12-13,15,29H,2-3,10-11,14H2,1H3,(H,30,31,34);1H4. The van der Waals surface area contributed by atoms with Gasteiger partial charge in [0.05, 0.1) is 7.11 Å². The lowest BCUT2D eigenvalue weighted by Crippen LogP contribution is -2.27. The maximum Gasteiger partial charge on any atom is 0.257 e. The quantitative estimate of drug-likeness (QED) is 0.199. The maximum atomic E-state index is 13.2. The number of rotatable bonds is 7. The summed E-state index contributed by atoms with van der Waals surface area (Å²) in [5, 5.41) is 11.5. The minimum atomic E-state index is -0.446. The number of carbonyl (C=O) groups is 2. The molecule has 2 N–H and O–H groups in total. The van der Waals surface area contributed by atoms with Crippen LogP contribution in [0.4, 0.5) is 5.82 Å². The van der Waals surface area contributed by atoms with E-state index >= 15 is 0 Å². The van der Waals surface area contributed by atoms with Crippen molar-refractivity contribution in [2.75, 3.05) is 25.5 Å². The lowest BCUT2D eigenvalue weighted by Gasteiger charge is -2.18. The molecule has 1 aromatic heterocycles. The summed E-state index contributed by atoms with van der Waals surface area (Å²) in [5.41, 5.74) is 1.93. The van der Waals surface area contributed by atoms with E-state index in [0.29, 0.717) is 33.6 Å². The van der Waals surface area contributed by atoms with E-state index in [0.717, 1.165) is 36.0 Å². The zero-order chi connectivity index (χ0) is 24.9. The highest BCUT2D eigenvalue weighted by molar-refractivity contribution is 9.10. The second-order valence-corrected chi connectivity index (χ2v) is 9.52. The van der Waals surface area contributed by atoms with Crippen LogP contribution in [-0.4, -0.2) is 47.6 Å².